The second-order valence-electron chi connectivity index (χ2n) is 1.42. The first-order valence-electron chi connectivity index (χ1n) is 2.30. The van der Waals surface area contributed by atoms with E-state index in [1.807, 2.05) is 18.2 Å². The molecule has 1 radical (unpaired) electrons. The van der Waals surface area contributed by atoms with Crippen LogP contribution in [0.3, 0.4) is 0 Å². The maximum absolute atomic E-state index is 5.68. The van der Waals surface area contributed by atoms with E-state index in [1.165, 1.54) is 3.51 Å². The molecule has 8 heavy (non-hydrogen) atoms. The van der Waals surface area contributed by atoms with Gasteiger partial charge in [0.1, 0.15) is 0 Å². The number of rotatable bonds is 1. The van der Waals surface area contributed by atoms with Gasteiger partial charge in [-0.1, -0.05) is 0 Å². The molecule has 0 bridgehead atoms. The van der Waals surface area contributed by atoms with Gasteiger partial charge in [0.15, 0.2) is 0 Å². The Morgan fingerprint density at radius 1 is 1.12 bits per heavy atom. The molecule has 0 aromatic heterocycles. The van der Waals surface area contributed by atoms with Crippen LogP contribution in [0, 0.1) is 0 Å². The van der Waals surface area contributed by atoms with Crippen LogP contribution in [0.5, 0.6) is 0 Å². The Kier molecular flexibility index (Phi) is 2.72. The molecule has 0 aliphatic heterocycles. The van der Waals surface area contributed by atoms with Gasteiger partial charge in [0.25, 0.3) is 0 Å². The molecule has 0 fully saturated rings. The summed E-state index contributed by atoms with van der Waals surface area (Å²) in [6.45, 7) is 0. The second kappa shape index (κ2) is 3.37. The van der Waals surface area contributed by atoms with Crippen LogP contribution >= 0.6 is 8.83 Å². The van der Waals surface area contributed by atoms with E-state index in [-0.39, 0.29) is 0 Å². The normalized spacial score (nSPS) is 9.12. The third-order valence-electron chi connectivity index (χ3n) is 0.854. The number of hydrogen-bond donors (Lipinski definition) is 0. The number of hydrogen-bond acceptors (Lipinski definition) is 0. The topological polar surface area (TPSA) is 0 Å². The van der Waals surface area contributed by atoms with Crippen LogP contribution in [-0.2, 0) is 0 Å². The molecule has 0 N–H and O–H groups in total. The summed E-state index contributed by atoms with van der Waals surface area (Å²) in [5.41, 5.74) is 0. The Labute approximate surface area is 63.1 Å². The molecule has 0 aliphatic rings. The van der Waals surface area contributed by atoms with E-state index >= 15 is 0 Å². The Bertz CT molecular complexity index is 150. The van der Waals surface area contributed by atoms with E-state index in [9.17, 15) is 0 Å². The Hall–Kier alpha value is 0.328. The van der Waals surface area contributed by atoms with E-state index in [0.29, 0.717) is 0 Å². The molecule has 0 heterocycles. The zero-order chi connectivity index (χ0) is 5.82. The fourth-order valence-corrected chi connectivity index (χ4v) is 2.05. The minimum atomic E-state index is -0.520. The van der Waals surface area contributed by atoms with Gasteiger partial charge in [-0.25, -0.2) is 0 Å². The molecular weight excluding hydrogens is 229 g/mol. The molecule has 0 spiro atoms. The zero-order valence-electron chi connectivity index (χ0n) is 4.21. The molecule has 1 aromatic rings. The first-order chi connectivity index (χ1) is 3.93. The van der Waals surface area contributed by atoms with Crippen molar-refractivity contribution in [3.8, 4) is 0 Å². The summed E-state index contributed by atoms with van der Waals surface area (Å²) in [4.78, 5) is 0. The summed E-state index contributed by atoms with van der Waals surface area (Å²) >= 11 is -0.520. The van der Waals surface area contributed by atoms with Crippen LogP contribution in [-0.4, -0.2) is 20.5 Å². The summed E-state index contributed by atoms with van der Waals surface area (Å²) in [6.07, 6.45) is 0. The zero-order valence-corrected chi connectivity index (χ0v) is 7.52. The van der Waals surface area contributed by atoms with Crippen molar-refractivity contribution in [2.45, 2.75) is 0 Å². The molecule has 0 amide bonds. The molecule has 0 aliphatic carbocycles. The fourth-order valence-electron chi connectivity index (χ4n) is 0.484. The van der Waals surface area contributed by atoms with E-state index in [4.69, 9.17) is 8.83 Å². The average Bonchev–Trinajstić information content (AvgIpc) is 1.90. The van der Waals surface area contributed by atoms with E-state index in [1.54, 1.807) is 0 Å². The van der Waals surface area contributed by atoms with Crippen molar-refractivity contribution < 1.29 is 0 Å². The van der Waals surface area contributed by atoms with Gasteiger partial charge < -0.3 is 0 Å². The molecule has 0 nitrogen and oxygen atoms in total. The molecule has 0 saturated heterocycles. The van der Waals surface area contributed by atoms with Crippen molar-refractivity contribution in [3.05, 3.63) is 30.3 Å². The summed E-state index contributed by atoms with van der Waals surface area (Å²) in [7, 11) is 5.68. The molecule has 1 rings (SSSR count). The van der Waals surface area contributed by atoms with Gasteiger partial charge in [0.2, 0.25) is 0 Å². The van der Waals surface area contributed by atoms with Gasteiger partial charge in [-0.2, -0.15) is 0 Å². The van der Waals surface area contributed by atoms with Crippen LogP contribution in [0.4, 0.5) is 0 Å². The monoisotopic (exact) mass is 233 g/mol. The van der Waals surface area contributed by atoms with Gasteiger partial charge in [0.05, 0.1) is 0 Å². The molecule has 1 aromatic carbocycles. The van der Waals surface area contributed by atoms with Crippen molar-refractivity contribution >= 4 is 32.8 Å². The standard InChI is InChI=1S/C6H5.ClH.Sb/c1-2-4-6-5-3-1;;/h1-5H;1H;/q;;+1/p-1. The van der Waals surface area contributed by atoms with E-state index < -0.39 is 20.5 Å². The van der Waals surface area contributed by atoms with Gasteiger partial charge in [-0.05, 0) is 0 Å². The Morgan fingerprint density at radius 2 is 1.75 bits per heavy atom. The van der Waals surface area contributed by atoms with Crippen LogP contribution in [0.25, 0.3) is 0 Å². The van der Waals surface area contributed by atoms with Gasteiger partial charge in [0, 0.05) is 0 Å². The number of halogens is 1. The van der Waals surface area contributed by atoms with Crippen LogP contribution in [0.1, 0.15) is 0 Å². The third kappa shape index (κ3) is 1.68. The van der Waals surface area contributed by atoms with Gasteiger partial charge >= 0.3 is 63.1 Å². The molecule has 41 valence electrons. The van der Waals surface area contributed by atoms with Crippen molar-refractivity contribution in [1.82, 2.24) is 0 Å². The van der Waals surface area contributed by atoms with Gasteiger partial charge in [-0.3, -0.25) is 0 Å². The predicted molar refractivity (Wildman–Crippen MR) is 37.7 cm³/mol. The minimum absolute atomic E-state index is 0.520. The Balaban J connectivity index is 2.83. The maximum atomic E-state index is 5.68. The van der Waals surface area contributed by atoms with Crippen LogP contribution in [0.15, 0.2) is 30.3 Å². The molecule has 2 heteroatoms. The number of benzene rings is 1. The molecule has 0 unspecified atom stereocenters. The second-order valence-corrected chi connectivity index (χ2v) is 4.51. The summed E-state index contributed by atoms with van der Waals surface area (Å²) in [6, 6.07) is 10.2. The molecule has 0 saturated carbocycles. The third-order valence-corrected chi connectivity index (χ3v) is 3.57. The summed E-state index contributed by atoms with van der Waals surface area (Å²) in [5, 5.41) is 0. The van der Waals surface area contributed by atoms with Crippen LogP contribution < -0.4 is 3.51 Å². The van der Waals surface area contributed by atoms with E-state index in [2.05, 4.69) is 12.1 Å². The van der Waals surface area contributed by atoms with Crippen molar-refractivity contribution in [3.63, 3.8) is 0 Å². The fraction of sp³-hybridized carbons (Fsp3) is 0. The average molecular weight is 234 g/mol. The van der Waals surface area contributed by atoms with Crippen molar-refractivity contribution in [2.24, 2.45) is 0 Å². The van der Waals surface area contributed by atoms with Crippen molar-refractivity contribution in [1.29, 1.82) is 0 Å². The SMILES string of the molecule is [Cl][Sb][c]1ccccc1. The van der Waals surface area contributed by atoms with Gasteiger partial charge in [-0.15, -0.1) is 0 Å². The first-order valence-corrected chi connectivity index (χ1v) is 6.81. The molecule has 0 atom stereocenters. The Morgan fingerprint density at radius 3 is 2.12 bits per heavy atom. The first kappa shape index (κ1) is 6.45. The van der Waals surface area contributed by atoms with E-state index in [0.717, 1.165) is 0 Å². The summed E-state index contributed by atoms with van der Waals surface area (Å²) in [5.74, 6) is 0. The quantitative estimate of drug-likeness (QED) is 0.640. The van der Waals surface area contributed by atoms with Crippen LogP contribution in [0.2, 0.25) is 0 Å². The van der Waals surface area contributed by atoms with Crippen molar-refractivity contribution in [2.75, 3.05) is 0 Å². The predicted octanol–water partition coefficient (Wildman–Crippen LogP) is 1.17. The molecular formula is C6H5ClSb. The summed E-state index contributed by atoms with van der Waals surface area (Å²) < 4.78 is 1.33.